The number of thioether (sulfide) groups is 1. The molecule has 7 N–H and O–H groups in total. The van der Waals surface area contributed by atoms with Crippen LogP contribution in [-0.2, 0) is 28.7 Å². The van der Waals surface area contributed by atoms with Gasteiger partial charge in [0.15, 0.2) is 0 Å². The minimum absolute atomic E-state index is 0.0172. The molecule has 1 heterocycles. The minimum atomic E-state index is -2.55. The van der Waals surface area contributed by atoms with Crippen LogP contribution in [0.2, 0.25) is 0 Å². The Labute approximate surface area is 272 Å². The van der Waals surface area contributed by atoms with E-state index in [4.69, 9.17) is 20.1 Å². The SMILES string of the molecule is C[C@H](N)C(=O)N[C@@H](CS/C(=C\I1OC(=O)c2ccccc21)CCN=[N+]=[N-])C(=O)N[C@@H](Cc1ccccc1)C(=O)N[C@@H](C)C(N)=O. The number of amides is 4. The molecule has 0 saturated carbocycles. The molecular formula is C29H35IN8O6S. The fraction of sp³-hybridized carbons (Fsp3) is 0.345. The summed E-state index contributed by atoms with van der Waals surface area (Å²) in [5, 5.41) is 11.5. The van der Waals surface area contributed by atoms with Crippen LogP contribution in [0.4, 0.5) is 0 Å². The van der Waals surface area contributed by atoms with Crippen molar-refractivity contribution < 1.29 is 27.0 Å². The molecule has 0 bridgehead atoms. The first-order valence-electron chi connectivity index (χ1n) is 13.8. The fourth-order valence-corrected chi connectivity index (χ4v) is 9.74. The number of halogens is 1. The number of fused-ring (bicyclic) bond motifs is 1. The molecule has 0 radical (unpaired) electrons. The number of carbonyl (C=O) groups is 5. The number of rotatable bonds is 16. The molecule has 0 spiro atoms. The third-order valence-corrected chi connectivity index (χ3v) is 12.3. The van der Waals surface area contributed by atoms with Crippen molar-refractivity contribution in [1.82, 2.24) is 16.0 Å². The number of nitrogens with two attached hydrogens (primary N) is 2. The van der Waals surface area contributed by atoms with Gasteiger partial charge in [0.25, 0.3) is 0 Å². The first-order valence-corrected chi connectivity index (χ1v) is 18.0. The van der Waals surface area contributed by atoms with Crippen molar-refractivity contribution in [3.63, 3.8) is 0 Å². The molecular weight excluding hydrogens is 715 g/mol. The zero-order valence-corrected chi connectivity index (χ0v) is 27.6. The molecule has 4 atom stereocenters. The maximum absolute atomic E-state index is 13.7. The molecule has 45 heavy (non-hydrogen) atoms. The van der Waals surface area contributed by atoms with E-state index < -0.39 is 74.0 Å². The average Bonchev–Trinajstić information content (AvgIpc) is 3.33. The van der Waals surface area contributed by atoms with E-state index >= 15 is 0 Å². The van der Waals surface area contributed by atoms with Crippen LogP contribution >= 0.6 is 32.0 Å². The Morgan fingerprint density at radius 2 is 1.64 bits per heavy atom. The molecule has 0 aliphatic carbocycles. The van der Waals surface area contributed by atoms with Crippen molar-refractivity contribution in [2.45, 2.75) is 50.9 Å². The standard InChI is InChI=1S/C29H35IN8O6S/c1-17(31)26(40)37-24(28(42)36-23(14-19-8-4-3-5-9-19)27(41)35-18(2)25(32)39)16-45-20(12-13-34-38-33)15-30-22-11-7-6-10-21(22)29(43)44-30/h3-11,15,17-18,23-24H,12-14,16,31H2,1-2H3,(H2,32,39)(H,35,41)(H,36,42)(H,37,40)/b20-15-/t17-,18-,23-,24-/m0/s1. The van der Waals surface area contributed by atoms with Crippen molar-refractivity contribution in [3.8, 4) is 0 Å². The van der Waals surface area contributed by atoms with Crippen molar-refractivity contribution >= 4 is 61.6 Å². The predicted molar refractivity (Wildman–Crippen MR) is 178 cm³/mol. The molecule has 1 aliphatic rings. The van der Waals surface area contributed by atoms with E-state index in [0.29, 0.717) is 16.9 Å². The van der Waals surface area contributed by atoms with Gasteiger partial charge < -0.3 is 5.73 Å². The van der Waals surface area contributed by atoms with Crippen molar-refractivity contribution in [2.24, 2.45) is 16.6 Å². The smallest absolute Gasteiger partial charge is 0.368 e. The minimum Gasteiger partial charge on any atom is -0.368 e. The molecule has 0 fully saturated rings. The molecule has 240 valence electrons. The zero-order valence-electron chi connectivity index (χ0n) is 24.6. The first-order chi connectivity index (χ1) is 21.5. The third-order valence-electron chi connectivity index (χ3n) is 6.37. The van der Waals surface area contributed by atoms with E-state index in [9.17, 15) is 24.0 Å². The first kappa shape index (κ1) is 35.4. The number of primary amides is 1. The molecule has 0 saturated heterocycles. The molecule has 4 amide bonds. The second-order valence-corrected chi connectivity index (χ2v) is 14.9. The fourth-order valence-electron chi connectivity index (χ4n) is 3.90. The van der Waals surface area contributed by atoms with Crippen LogP contribution in [0.25, 0.3) is 10.4 Å². The van der Waals surface area contributed by atoms with E-state index in [2.05, 4.69) is 26.0 Å². The molecule has 14 nitrogen and oxygen atoms in total. The second kappa shape index (κ2) is 17.4. The number of nitrogens with one attached hydrogen (secondary N) is 3. The van der Waals surface area contributed by atoms with Gasteiger partial charge in [-0.3, -0.25) is 4.79 Å². The van der Waals surface area contributed by atoms with Gasteiger partial charge in [-0.1, -0.05) is 6.07 Å². The number of benzene rings is 2. The summed E-state index contributed by atoms with van der Waals surface area (Å²) >= 11 is -1.33. The van der Waals surface area contributed by atoms with E-state index in [0.717, 1.165) is 9.13 Å². The summed E-state index contributed by atoms with van der Waals surface area (Å²) in [6.45, 7) is 3.02. The molecule has 2 aromatic rings. The van der Waals surface area contributed by atoms with Gasteiger partial charge in [-0.05, 0) is 0 Å². The monoisotopic (exact) mass is 750 g/mol. The third kappa shape index (κ3) is 10.8. The van der Waals surface area contributed by atoms with Crippen LogP contribution in [0.15, 0.2) is 68.7 Å². The topological polar surface area (TPSA) is 231 Å². The van der Waals surface area contributed by atoms with Crippen LogP contribution in [0.5, 0.6) is 0 Å². The number of carbonyl (C=O) groups excluding carboxylic acids is 5. The molecule has 0 unspecified atom stereocenters. The molecule has 3 rings (SSSR count). The summed E-state index contributed by atoms with van der Waals surface area (Å²) in [7, 11) is 0. The molecule has 1 aliphatic heterocycles. The normalized spacial score (nSPS) is 15.8. The van der Waals surface area contributed by atoms with Crippen molar-refractivity contribution in [1.29, 1.82) is 0 Å². The van der Waals surface area contributed by atoms with Crippen molar-refractivity contribution in [2.75, 3.05) is 12.3 Å². The van der Waals surface area contributed by atoms with Gasteiger partial charge >= 0.3 is 256 Å². The molecule has 0 aromatic heterocycles. The summed E-state index contributed by atoms with van der Waals surface area (Å²) in [6.07, 6.45) is 0.406. The Bertz CT molecular complexity index is 1480. The Balaban J connectivity index is 1.85. The van der Waals surface area contributed by atoms with E-state index in [1.54, 1.807) is 36.4 Å². The maximum atomic E-state index is 13.7. The quantitative estimate of drug-likeness (QED) is 0.0738. The van der Waals surface area contributed by atoms with Crippen LogP contribution in [0.3, 0.4) is 0 Å². The van der Waals surface area contributed by atoms with E-state index in [1.807, 2.05) is 22.3 Å². The molecule has 16 heteroatoms. The van der Waals surface area contributed by atoms with Gasteiger partial charge in [0.1, 0.15) is 0 Å². The molecule has 2 aromatic carbocycles. The Morgan fingerprint density at radius 3 is 2.31 bits per heavy atom. The van der Waals surface area contributed by atoms with Gasteiger partial charge in [0, 0.05) is 0 Å². The van der Waals surface area contributed by atoms with Gasteiger partial charge in [-0.2, -0.15) is 0 Å². The number of hydrogen-bond acceptors (Lipinski definition) is 9. The average molecular weight is 751 g/mol. The van der Waals surface area contributed by atoms with Gasteiger partial charge in [-0.25, -0.2) is 0 Å². The summed E-state index contributed by atoms with van der Waals surface area (Å²) in [6, 6.07) is 11.9. The zero-order chi connectivity index (χ0) is 32.9. The number of hydrogen-bond donors (Lipinski definition) is 5. The Kier molecular flexibility index (Phi) is 13.7. The van der Waals surface area contributed by atoms with Crippen molar-refractivity contribution in [3.05, 3.63) is 88.7 Å². The van der Waals surface area contributed by atoms with Crippen LogP contribution in [0, 0.1) is 3.57 Å². The summed E-state index contributed by atoms with van der Waals surface area (Å²) in [4.78, 5) is 66.9. The van der Waals surface area contributed by atoms with E-state index in [1.165, 1.54) is 25.6 Å². The van der Waals surface area contributed by atoms with E-state index in [-0.39, 0.29) is 18.7 Å². The Hall–Kier alpha value is -4.12. The number of nitrogens with zero attached hydrogens (tertiary/aromatic N) is 3. The van der Waals surface area contributed by atoms with Gasteiger partial charge in [0.2, 0.25) is 0 Å². The summed E-state index contributed by atoms with van der Waals surface area (Å²) < 4.78 is 8.38. The summed E-state index contributed by atoms with van der Waals surface area (Å²) in [5.74, 6) is -3.01. The second-order valence-electron chi connectivity index (χ2n) is 9.94. The van der Waals surface area contributed by atoms with Crippen LogP contribution in [-0.4, -0.2) is 66.1 Å². The number of azide groups is 1. The predicted octanol–water partition coefficient (Wildman–Crippen LogP) is 2.27. The van der Waals surface area contributed by atoms with Gasteiger partial charge in [0.05, 0.1) is 0 Å². The summed E-state index contributed by atoms with van der Waals surface area (Å²) in [5.41, 5.74) is 21.1. The van der Waals surface area contributed by atoms with Gasteiger partial charge in [-0.15, -0.1) is 0 Å². The Morgan fingerprint density at radius 1 is 1.00 bits per heavy atom. The van der Waals surface area contributed by atoms with Crippen LogP contribution < -0.4 is 27.4 Å². The van der Waals surface area contributed by atoms with Crippen LogP contribution in [0.1, 0.15) is 36.2 Å².